The van der Waals surface area contributed by atoms with Crippen LogP contribution in [-0.2, 0) is 9.59 Å². The summed E-state index contributed by atoms with van der Waals surface area (Å²) in [5, 5.41) is 0. The number of benzene rings is 2. The van der Waals surface area contributed by atoms with Crippen LogP contribution < -0.4 is 9.47 Å². The van der Waals surface area contributed by atoms with E-state index in [0.29, 0.717) is 0 Å². The predicted octanol–water partition coefficient (Wildman–Crippen LogP) is 4.04. The van der Waals surface area contributed by atoms with E-state index in [1.807, 2.05) is 64.1 Å². The van der Waals surface area contributed by atoms with Crippen LogP contribution in [0.2, 0.25) is 0 Å². The van der Waals surface area contributed by atoms with E-state index in [1.165, 1.54) is 0 Å². The van der Waals surface area contributed by atoms with Crippen LogP contribution in [0, 0.1) is 13.8 Å². The SMILES string of the molecule is Cc1ccc2c(c1)OC(=O)C2C.Cc1ccc2c(c1)OC(=O)C2C. The molecule has 0 saturated heterocycles. The predicted molar refractivity (Wildman–Crippen MR) is 90.5 cm³/mol. The van der Waals surface area contributed by atoms with Gasteiger partial charge in [0, 0.05) is 11.1 Å². The Kier molecular flexibility index (Phi) is 4.14. The van der Waals surface area contributed by atoms with Crippen LogP contribution in [0.4, 0.5) is 0 Å². The maximum Gasteiger partial charge on any atom is 0.318 e. The van der Waals surface area contributed by atoms with Gasteiger partial charge in [-0.3, -0.25) is 9.59 Å². The molecule has 0 spiro atoms. The summed E-state index contributed by atoms with van der Waals surface area (Å²) >= 11 is 0. The molecular formula is C20H20O4. The summed E-state index contributed by atoms with van der Waals surface area (Å²) in [4.78, 5) is 22.2. The minimum atomic E-state index is -0.143. The minimum absolute atomic E-state index is 0.0967. The lowest BCUT2D eigenvalue weighted by Crippen LogP contribution is -2.05. The van der Waals surface area contributed by atoms with E-state index in [4.69, 9.17) is 9.47 Å². The van der Waals surface area contributed by atoms with Crippen molar-refractivity contribution < 1.29 is 19.1 Å². The van der Waals surface area contributed by atoms with Gasteiger partial charge in [0.05, 0.1) is 11.8 Å². The zero-order valence-electron chi connectivity index (χ0n) is 14.3. The Morgan fingerprint density at radius 3 is 1.46 bits per heavy atom. The zero-order chi connectivity index (χ0) is 17.4. The van der Waals surface area contributed by atoms with Crippen molar-refractivity contribution in [2.24, 2.45) is 0 Å². The number of ether oxygens (including phenoxy) is 2. The fourth-order valence-corrected chi connectivity index (χ4v) is 2.82. The molecule has 0 aromatic heterocycles. The van der Waals surface area contributed by atoms with Crippen molar-refractivity contribution in [3.8, 4) is 11.5 Å². The standard InChI is InChI=1S/2C10H10O2/c2*1-6-3-4-8-7(2)10(11)12-9(8)5-6/h2*3-5,7H,1-2H3. The van der Waals surface area contributed by atoms with Gasteiger partial charge in [-0.1, -0.05) is 24.3 Å². The van der Waals surface area contributed by atoms with E-state index < -0.39 is 0 Å². The van der Waals surface area contributed by atoms with Crippen LogP contribution in [-0.4, -0.2) is 11.9 Å². The summed E-state index contributed by atoms with van der Waals surface area (Å²) in [6, 6.07) is 11.7. The third-order valence-electron chi connectivity index (χ3n) is 4.40. The van der Waals surface area contributed by atoms with Crippen molar-refractivity contribution in [3.05, 3.63) is 58.7 Å². The first kappa shape index (κ1) is 16.2. The van der Waals surface area contributed by atoms with Gasteiger partial charge in [0.25, 0.3) is 0 Å². The van der Waals surface area contributed by atoms with Gasteiger partial charge in [0.15, 0.2) is 0 Å². The number of hydrogen-bond donors (Lipinski definition) is 0. The third kappa shape index (κ3) is 2.92. The number of esters is 2. The molecule has 2 aromatic rings. The summed E-state index contributed by atoms with van der Waals surface area (Å²) in [6.07, 6.45) is 0. The molecule has 2 unspecified atom stereocenters. The first-order chi connectivity index (χ1) is 11.4. The average molecular weight is 324 g/mol. The largest absolute Gasteiger partial charge is 0.426 e. The molecule has 0 fully saturated rings. The molecule has 0 amide bonds. The molecule has 4 heteroatoms. The second-order valence-electron chi connectivity index (χ2n) is 6.37. The topological polar surface area (TPSA) is 52.6 Å². The van der Waals surface area contributed by atoms with Crippen LogP contribution in [0.25, 0.3) is 0 Å². The van der Waals surface area contributed by atoms with Gasteiger partial charge in [0.1, 0.15) is 11.5 Å². The Labute approximate surface area is 141 Å². The number of hydrogen-bond acceptors (Lipinski definition) is 4. The molecule has 2 aliphatic rings. The monoisotopic (exact) mass is 324 g/mol. The fraction of sp³-hybridized carbons (Fsp3) is 0.300. The minimum Gasteiger partial charge on any atom is -0.426 e. The van der Waals surface area contributed by atoms with Crippen LogP contribution in [0.1, 0.15) is 47.9 Å². The molecular weight excluding hydrogens is 304 g/mol. The summed E-state index contributed by atoms with van der Waals surface area (Å²) in [5.74, 6) is 0.979. The number of carbonyl (C=O) groups excluding carboxylic acids is 2. The molecule has 4 nitrogen and oxygen atoms in total. The van der Waals surface area contributed by atoms with E-state index in [-0.39, 0.29) is 23.8 Å². The zero-order valence-corrected chi connectivity index (χ0v) is 14.3. The highest BCUT2D eigenvalue weighted by atomic mass is 16.5. The highest BCUT2D eigenvalue weighted by molar-refractivity contribution is 5.86. The maximum absolute atomic E-state index is 11.1. The van der Waals surface area contributed by atoms with Crippen molar-refractivity contribution in [3.63, 3.8) is 0 Å². The van der Waals surface area contributed by atoms with Gasteiger partial charge in [0.2, 0.25) is 0 Å². The van der Waals surface area contributed by atoms with E-state index >= 15 is 0 Å². The molecule has 2 atom stereocenters. The molecule has 0 bridgehead atoms. The number of aryl methyl sites for hydroxylation is 2. The summed E-state index contributed by atoms with van der Waals surface area (Å²) in [7, 11) is 0. The molecule has 0 radical (unpaired) electrons. The first-order valence-corrected chi connectivity index (χ1v) is 8.01. The average Bonchev–Trinajstić information content (AvgIpc) is 2.96. The summed E-state index contributed by atoms with van der Waals surface area (Å²) < 4.78 is 10.1. The lowest BCUT2D eigenvalue weighted by atomic mass is 10.0. The molecule has 2 heterocycles. The Balaban J connectivity index is 0.000000141. The summed E-state index contributed by atoms with van der Waals surface area (Å²) in [6.45, 7) is 7.70. The van der Waals surface area contributed by atoms with Gasteiger partial charge in [-0.2, -0.15) is 0 Å². The number of rotatable bonds is 0. The molecule has 2 aliphatic heterocycles. The van der Waals surface area contributed by atoms with Gasteiger partial charge in [-0.15, -0.1) is 0 Å². The van der Waals surface area contributed by atoms with E-state index in [0.717, 1.165) is 33.8 Å². The van der Waals surface area contributed by atoms with Crippen LogP contribution in [0.3, 0.4) is 0 Å². The Bertz CT molecular complexity index is 753. The van der Waals surface area contributed by atoms with Crippen molar-refractivity contribution in [1.29, 1.82) is 0 Å². The number of fused-ring (bicyclic) bond motifs is 2. The number of carbonyl (C=O) groups is 2. The normalized spacial score (nSPS) is 20.5. The Morgan fingerprint density at radius 1 is 0.708 bits per heavy atom. The maximum atomic E-state index is 11.1. The van der Waals surface area contributed by atoms with Crippen LogP contribution in [0.5, 0.6) is 11.5 Å². The second-order valence-corrected chi connectivity index (χ2v) is 6.37. The lowest BCUT2D eigenvalue weighted by Gasteiger charge is -1.98. The van der Waals surface area contributed by atoms with E-state index in [9.17, 15) is 9.59 Å². The van der Waals surface area contributed by atoms with Gasteiger partial charge >= 0.3 is 11.9 Å². The third-order valence-corrected chi connectivity index (χ3v) is 4.40. The highest BCUT2D eigenvalue weighted by Crippen LogP contribution is 2.35. The molecule has 0 aliphatic carbocycles. The van der Waals surface area contributed by atoms with Crippen molar-refractivity contribution in [2.75, 3.05) is 0 Å². The molecule has 24 heavy (non-hydrogen) atoms. The molecule has 2 aromatic carbocycles. The van der Waals surface area contributed by atoms with E-state index in [1.54, 1.807) is 0 Å². The molecule has 0 N–H and O–H groups in total. The smallest absolute Gasteiger partial charge is 0.318 e. The lowest BCUT2D eigenvalue weighted by molar-refractivity contribution is -0.134. The molecule has 0 saturated carbocycles. The van der Waals surface area contributed by atoms with Crippen molar-refractivity contribution in [2.45, 2.75) is 39.5 Å². The highest BCUT2D eigenvalue weighted by Gasteiger charge is 2.29. The van der Waals surface area contributed by atoms with Crippen LogP contribution in [0.15, 0.2) is 36.4 Å². The molecule has 4 rings (SSSR count). The molecule has 124 valence electrons. The Hall–Kier alpha value is -2.62. The van der Waals surface area contributed by atoms with Gasteiger partial charge < -0.3 is 9.47 Å². The van der Waals surface area contributed by atoms with Crippen molar-refractivity contribution >= 4 is 11.9 Å². The first-order valence-electron chi connectivity index (χ1n) is 8.01. The quantitative estimate of drug-likeness (QED) is 0.542. The second kappa shape index (κ2) is 6.11. The van der Waals surface area contributed by atoms with E-state index in [2.05, 4.69) is 0 Å². The summed E-state index contributed by atoms with van der Waals surface area (Å²) in [5.41, 5.74) is 4.25. The van der Waals surface area contributed by atoms with Gasteiger partial charge in [-0.05, 0) is 51.0 Å². The van der Waals surface area contributed by atoms with Gasteiger partial charge in [-0.25, -0.2) is 0 Å². The fourth-order valence-electron chi connectivity index (χ4n) is 2.82. The van der Waals surface area contributed by atoms with Crippen LogP contribution >= 0.6 is 0 Å². The van der Waals surface area contributed by atoms with Crippen molar-refractivity contribution in [1.82, 2.24) is 0 Å². The Morgan fingerprint density at radius 2 is 1.08 bits per heavy atom.